The average Bonchev–Trinajstić information content (AvgIpc) is 2.36. The molecule has 0 aliphatic rings. The Morgan fingerprint density at radius 3 is 2.37 bits per heavy atom. The predicted molar refractivity (Wildman–Crippen MR) is 75.7 cm³/mol. The molecule has 0 fully saturated rings. The van der Waals surface area contributed by atoms with Crippen LogP contribution in [0.15, 0.2) is 12.7 Å². The minimum absolute atomic E-state index is 0.180. The van der Waals surface area contributed by atoms with Gasteiger partial charge in [-0.2, -0.15) is 0 Å². The summed E-state index contributed by atoms with van der Waals surface area (Å²) in [6.07, 6.45) is 2.46. The molecule has 2 N–H and O–H groups in total. The first-order valence-electron chi connectivity index (χ1n) is 6.66. The molecular formula is C14H26N2O3. The Morgan fingerprint density at radius 1 is 1.26 bits per heavy atom. The lowest BCUT2D eigenvalue weighted by atomic mass is 10.0. The highest BCUT2D eigenvalue weighted by molar-refractivity contribution is 5.89. The number of nitrogens with one attached hydrogen (secondary N) is 2. The molecular weight excluding hydrogens is 244 g/mol. The maximum absolute atomic E-state index is 11.9. The Bertz CT molecular complexity index is 303. The molecule has 0 saturated carbocycles. The van der Waals surface area contributed by atoms with Crippen molar-refractivity contribution in [1.82, 2.24) is 10.6 Å². The summed E-state index contributed by atoms with van der Waals surface area (Å²) in [4.78, 5) is 23.6. The normalized spacial score (nSPS) is 13.7. The Kier molecular flexibility index (Phi) is 8.87. The lowest BCUT2D eigenvalue weighted by Gasteiger charge is -2.21. The van der Waals surface area contributed by atoms with Crippen LogP contribution in [0, 0.1) is 5.92 Å². The third-order valence-corrected chi connectivity index (χ3v) is 2.65. The van der Waals surface area contributed by atoms with E-state index in [1.807, 2.05) is 13.8 Å². The van der Waals surface area contributed by atoms with E-state index in [2.05, 4.69) is 17.2 Å². The van der Waals surface area contributed by atoms with Crippen LogP contribution in [-0.2, 0) is 14.3 Å². The largest absolute Gasteiger partial charge is 0.368 e. The van der Waals surface area contributed by atoms with Crippen molar-refractivity contribution in [1.29, 1.82) is 0 Å². The van der Waals surface area contributed by atoms with E-state index in [9.17, 15) is 9.59 Å². The average molecular weight is 270 g/mol. The van der Waals surface area contributed by atoms with Gasteiger partial charge in [0, 0.05) is 7.05 Å². The zero-order chi connectivity index (χ0) is 14.8. The van der Waals surface area contributed by atoms with Gasteiger partial charge in [-0.1, -0.05) is 19.9 Å². The zero-order valence-corrected chi connectivity index (χ0v) is 12.4. The van der Waals surface area contributed by atoms with Crippen molar-refractivity contribution in [2.45, 2.75) is 45.8 Å². The number of carbonyl (C=O) groups excluding carboxylic acids is 2. The molecule has 0 aromatic rings. The van der Waals surface area contributed by atoms with Crippen LogP contribution in [0.2, 0.25) is 0 Å². The van der Waals surface area contributed by atoms with E-state index in [4.69, 9.17) is 4.74 Å². The van der Waals surface area contributed by atoms with Crippen LogP contribution >= 0.6 is 0 Å². The Morgan fingerprint density at radius 2 is 1.89 bits per heavy atom. The van der Waals surface area contributed by atoms with Crippen LogP contribution in [0.3, 0.4) is 0 Å². The lowest BCUT2D eigenvalue weighted by Crippen LogP contribution is -2.49. The number of carbonyl (C=O) groups is 2. The third-order valence-electron chi connectivity index (χ3n) is 2.65. The van der Waals surface area contributed by atoms with Gasteiger partial charge in [0.1, 0.15) is 12.1 Å². The van der Waals surface area contributed by atoms with E-state index in [1.54, 1.807) is 20.0 Å². The van der Waals surface area contributed by atoms with Crippen molar-refractivity contribution in [3.63, 3.8) is 0 Å². The minimum Gasteiger partial charge on any atom is -0.368 e. The van der Waals surface area contributed by atoms with Crippen molar-refractivity contribution in [3.05, 3.63) is 12.7 Å². The third kappa shape index (κ3) is 7.62. The fourth-order valence-corrected chi connectivity index (χ4v) is 1.57. The molecule has 0 bridgehead atoms. The van der Waals surface area contributed by atoms with Crippen LogP contribution < -0.4 is 10.6 Å². The van der Waals surface area contributed by atoms with Crippen LogP contribution in [0.25, 0.3) is 0 Å². The standard InChI is InChI=1S/C14H26N2O3/c1-6-7-8-19-11(4)13(17)16-12(9-10(2)3)14(18)15-5/h6,10-12H,1,7-9H2,2-5H3,(H,15,18)(H,16,17). The van der Waals surface area contributed by atoms with Gasteiger partial charge in [0.05, 0.1) is 6.61 Å². The number of likely N-dealkylation sites (N-methyl/N-ethyl adjacent to an activating group) is 1. The van der Waals surface area contributed by atoms with Crippen molar-refractivity contribution in [3.8, 4) is 0 Å². The van der Waals surface area contributed by atoms with Gasteiger partial charge in [-0.3, -0.25) is 9.59 Å². The molecule has 0 heterocycles. The summed E-state index contributed by atoms with van der Waals surface area (Å²) in [7, 11) is 1.56. The van der Waals surface area contributed by atoms with Gasteiger partial charge in [0.2, 0.25) is 11.8 Å². The molecule has 2 atom stereocenters. The van der Waals surface area contributed by atoms with E-state index >= 15 is 0 Å². The summed E-state index contributed by atoms with van der Waals surface area (Å²) in [5.41, 5.74) is 0. The second-order valence-corrected chi connectivity index (χ2v) is 4.90. The molecule has 0 rings (SSSR count). The molecule has 0 spiro atoms. The van der Waals surface area contributed by atoms with Crippen molar-refractivity contribution in [2.24, 2.45) is 5.92 Å². The molecule has 2 amide bonds. The second kappa shape index (κ2) is 9.55. The maximum atomic E-state index is 11.9. The Labute approximate surface area is 115 Å². The number of amides is 2. The van der Waals surface area contributed by atoms with Crippen LogP contribution in [0.1, 0.15) is 33.6 Å². The smallest absolute Gasteiger partial charge is 0.249 e. The summed E-state index contributed by atoms with van der Waals surface area (Å²) >= 11 is 0. The summed E-state index contributed by atoms with van der Waals surface area (Å²) in [5.74, 6) is -0.127. The van der Waals surface area contributed by atoms with Gasteiger partial charge in [0.15, 0.2) is 0 Å². The molecule has 0 aliphatic heterocycles. The lowest BCUT2D eigenvalue weighted by molar-refractivity contribution is -0.135. The molecule has 0 aliphatic carbocycles. The quantitative estimate of drug-likeness (QED) is 0.489. The van der Waals surface area contributed by atoms with E-state index in [0.717, 1.165) is 0 Å². The van der Waals surface area contributed by atoms with Crippen molar-refractivity contribution >= 4 is 11.8 Å². The highest BCUT2D eigenvalue weighted by Crippen LogP contribution is 2.06. The Balaban J connectivity index is 4.35. The molecule has 0 aromatic heterocycles. The van der Waals surface area contributed by atoms with E-state index in [0.29, 0.717) is 25.4 Å². The summed E-state index contributed by atoms with van der Waals surface area (Å²) < 4.78 is 5.35. The first-order chi connectivity index (χ1) is 8.92. The van der Waals surface area contributed by atoms with Gasteiger partial charge in [-0.15, -0.1) is 6.58 Å². The summed E-state index contributed by atoms with van der Waals surface area (Å²) in [6, 6.07) is -0.511. The molecule has 110 valence electrons. The maximum Gasteiger partial charge on any atom is 0.249 e. The number of rotatable bonds is 9. The highest BCUT2D eigenvalue weighted by Gasteiger charge is 2.23. The van der Waals surface area contributed by atoms with E-state index in [-0.39, 0.29) is 11.8 Å². The first-order valence-corrected chi connectivity index (χ1v) is 6.66. The number of hydrogen-bond donors (Lipinski definition) is 2. The van der Waals surface area contributed by atoms with Crippen molar-refractivity contribution in [2.75, 3.05) is 13.7 Å². The number of ether oxygens (including phenoxy) is 1. The molecule has 0 radical (unpaired) electrons. The molecule has 19 heavy (non-hydrogen) atoms. The first kappa shape index (κ1) is 17.6. The van der Waals surface area contributed by atoms with Gasteiger partial charge >= 0.3 is 0 Å². The van der Waals surface area contributed by atoms with E-state index in [1.165, 1.54) is 0 Å². The fourth-order valence-electron chi connectivity index (χ4n) is 1.57. The second-order valence-electron chi connectivity index (χ2n) is 4.90. The van der Waals surface area contributed by atoms with Gasteiger partial charge in [-0.05, 0) is 25.7 Å². The molecule has 0 saturated heterocycles. The molecule has 5 nitrogen and oxygen atoms in total. The fraction of sp³-hybridized carbons (Fsp3) is 0.714. The summed E-state index contributed by atoms with van der Waals surface area (Å²) in [5, 5.41) is 5.28. The topological polar surface area (TPSA) is 67.4 Å². The molecule has 2 unspecified atom stereocenters. The van der Waals surface area contributed by atoms with Crippen LogP contribution in [-0.4, -0.2) is 37.6 Å². The highest BCUT2D eigenvalue weighted by atomic mass is 16.5. The monoisotopic (exact) mass is 270 g/mol. The predicted octanol–water partition coefficient (Wildman–Crippen LogP) is 1.24. The van der Waals surface area contributed by atoms with Crippen LogP contribution in [0.5, 0.6) is 0 Å². The van der Waals surface area contributed by atoms with E-state index < -0.39 is 12.1 Å². The van der Waals surface area contributed by atoms with Crippen LogP contribution in [0.4, 0.5) is 0 Å². The van der Waals surface area contributed by atoms with Gasteiger partial charge < -0.3 is 15.4 Å². The van der Waals surface area contributed by atoms with Crippen molar-refractivity contribution < 1.29 is 14.3 Å². The summed E-state index contributed by atoms with van der Waals surface area (Å²) in [6.45, 7) is 9.72. The van der Waals surface area contributed by atoms with Gasteiger partial charge in [0.25, 0.3) is 0 Å². The Hall–Kier alpha value is -1.36. The minimum atomic E-state index is -0.570. The molecule has 5 heteroatoms. The molecule has 0 aromatic carbocycles. The zero-order valence-electron chi connectivity index (χ0n) is 12.4. The SMILES string of the molecule is C=CCCOC(C)C(=O)NC(CC(C)C)C(=O)NC. The number of hydrogen-bond acceptors (Lipinski definition) is 3. The van der Waals surface area contributed by atoms with Gasteiger partial charge in [-0.25, -0.2) is 0 Å².